The highest BCUT2D eigenvalue weighted by molar-refractivity contribution is 6.11. The lowest BCUT2D eigenvalue weighted by atomic mass is 10.0. The third-order valence-electron chi connectivity index (χ3n) is 5.21. The van der Waals surface area contributed by atoms with E-state index in [9.17, 15) is 18.4 Å². The van der Waals surface area contributed by atoms with E-state index in [0.717, 1.165) is 11.0 Å². The molecule has 0 saturated carbocycles. The Hall–Kier alpha value is -4.66. The van der Waals surface area contributed by atoms with Crippen molar-refractivity contribution in [2.75, 3.05) is 16.8 Å². The molecule has 1 N–H and O–H groups in total. The van der Waals surface area contributed by atoms with Crippen LogP contribution in [0.4, 0.5) is 20.2 Å². The van der Waals surface area contributed by atoms with Gasteiger partial charge in [-0.2, -0.15) is 0 Å². The quantitative estimate of drug-likeness (QED) is 0.370. The Morgan fingerprint density at radius 1 is 0.972 bits per heavy atom. The number of hydrogen-bond donors (Lipinski definition) is 1. The summed E-state index contributed by atoms with van der Waals surface area (Å²) in [4.78, 5) is 36.5. The maximum absolute atomic E-state index is 14.3. The summed E-state index contributed by atoms with van der Waals surface area (Å²) in [6.07, 6.45) is 4.03. The molecule has 1 heterocycles. The van der Waals surface area contributed by atoms with Crippen molar-refractivity contribution in [3.63, 3.8) is 0 Å². The van der Waals surface area contributed by atoms with Crippen LogP contribution in [0.25, 0.3) is 0 Å². The number of carbonyl (C=O) groups excluding carboxylic acids is 2. The molecule has 0 aliphatic heterocycles. The maximum Gasteiger partial charge on any atom is 0.279 e. The van der Waals surface area contributed by atoms with E-state index in [1.807, 2.05) is 6.92 Å². The third-order valence-corrected chi connectivity index (χ3v) is 5.21. The van der Waals surface area contributed by atoms with Crippen molar-refractivity contribution >= 4 is 23.2 Å². The molecule has 0 aliphatic carbocycles. The molecular weight excluding hydrogens is 466 g/mol. The summed E-state index contributed by atoms with van der Waals surface area (Å²) >= 11 is 0. The molecule has 9 heteroatoms. The minimum atomic E-state index is -1.25. The van der Waals surface area contributed by atoms with Gasteiger partial charge in [0.25, 0.3) is 11.8 Å². The lowest BCUT2D eigenvalue weighted by molar-refractivity contribution is -0.117. The van der Waals surface area contributed by atoms with E-state index in [4.69, 9.17) is 4.74 Å². The SMILES string of the molecule is CCOc1ccc([C@H](C(=O)Nc2ccc(F)cc2)N(C(=O)c2cnccn2)c2cccc(F)c2)cc1. The number of nitrogens with zero attached hydrogens (tertiary/aromatic N) is 3. The molecule has 0 spiro atoms. The van der Waals surface area contributed by atoms with Gasteiger partial charge in [0.15, 0.2) is 0 Å². The van der Waals surface area contributed by atoms with Crippen molar-refractivity contribution < 1.29 is 23.1 Å². The zero-order valence-corrected chi connectivity index (χ0v) is 19.3. The number of halogens is 2. The Morgan fingerprint density at radius 2 is 1.72 bits per heavy atom. The number of anilines is 2. The van der Waals surface area contributed by atoms with Crippen LogP contribution in [0, 0.1) is 11.6 Å². The summed E-state index contributed by atoms with van der Waals surface area (Å²) in [6.45, 7) is 2.30. The predicted molar refractivity (Wildman–Crippen MR) is 131 cm³/mol. The van der Waals surface area contributed by atoms with Gasteiger partial charge in [-0.15, -0.1) is 0 Å². The second-order valence-electron chi connectivity index (χ2n) is 7.65. The first-order valence-corrected chi connectivity index (χ1v) is 11.1. The molecule has 1 aromatic heterocycles. The smallest absolute Gasteiger partial charge is 0.279 e. The zero-order valence-electron chi connectivity index (χ0n) is 19.3. The fourth-order valence-corrected chi connectivity index (χ4v) is 3.62. The summed E-state index contributed by atoms with van der Waals surface area (Å²) in [5, 5.41) is 2.72. The van der Waals surface area contributed by atoms with E-state index in [0.29, 0.717) is 23.6 Å². The zero-order chi connectivity index (χ0) is 25.5. The average Bonchev–Trinajstić information content (AvgIpc) is 2.89. The minimum absolute atomic E-state index is 0.0349. The van der Waals surface area contributed by atoms with Crippen molar-refractivity contribution in [3.05, 3.63) is 114 Å². The number of carbonyl (C=O) groups is 2. The van der Waals surface area contributed by atoms with Crippen molar-refractivity contribution in [2.45, 2.75) is 13.0 Å². The van der Waals surface area contributed by atoms with Gasteiger partial charge in [0.05, 0.1) is 12.8 Å². The topological polar surface area (TPSA) is 84.4 Å². The molecule has 0 aliphatic rings. The first-order chi connectivity index (χ1) is 17.5. The van der Waals surface area contributed by atoms with Crippen molar-refractivity contribution in [3.8, 4) is 5.75 Å². The van der Waals surface area contributed by atoms with Crippen LogP contribution in [0.3, 0.4) is 0 Å². The van der Waals surface area contributed by atoms with E-state index in [-0.39, 0.29) is 11.4 Å². The third kappa shape index (κ3) is 5.69. The largest absolute Gasteiger partial charge is 0.494 e. The average molecular weight is 488 g/mol. The Bertz CT molecular complexity index is 1330. The summed E-state index contributed by atoms with van der Waals surface area (Å²) in [5.74, 6) is -1.74. The van der Waals surface area contributed by atoms with Gasteiger partial charge in [0.2, 0.25) is 0 Å². The normalized spacial score (nSPS) is 11.4. The van der Waals surface area contributed by atoms with Gasteiger partial charge in [0, 0.05) is 23.8 Å². The Labute approximate surface area is 206 Å². The summed E-state index contributed by atoms with van der Waals surface area (Å²) < 4.78 is 33.2. The van der Waals surface area contributed by atoms with Crippen LogP contribution in [0.15, 0.2) is 91.4 Å². The van der Waals surface area contributed by atoms with Crippen LogP contribution >= 0.6 is 0 Å². The maximum atomic E-state index is 14.3. The van der Waals surface area contributed by atoms with Gasteiger partial charge in [-0.25, -0.2) is 13.8 Å². The van der Waals surface area contributed by atoms with Crippen LogP contribution in [0.5, 0.6) is 5.75 Å². The molecule has 2 amide bonds. The van der Waals surface area contributed by atoms with Gasteiger partial charge >= 0.3 is 0 Å². The van der Waals surface area contributed by atoms with Gasteiger partial charge in [0.1, 0.15) is 29.1 Å². The highest BCUT2D eigenvalue weighted by atomic mass is 19.1. The number of aromatic nitrogens is 2. The fourth-order valence-electron chi connectivity index (χ4n) is 3.62. The lowest BCUT2D eigenvalue weighted by Gasteiger charge is -2.31. The van der Waals surface area contributed by atoms with Crippen molar-refractivity contribution in [1.82, 2.24) is 9.97 Å². The van der Waals surface area contributed by atoms with Crippen LogP contribution in [-0.4, -0.2) is 28.4 Å². The van der Waals surface area contributed by atoms with E-state index in [2.05, 4.69) is 15.3 Å². The Balaban J connectivity index is 1.83. The summed E-state index contributed by atoms with van der Waals surface area (Å²) in [6, 6.07) is 16.0. The van der Waals surface area contributed by atoms with E-state index < -0.39 is 29.5 Å². The van der Waals surface area contributed by atoms with E-state index in [1.165, 1.54) is 61.1 Å². The van der Waals surface area contributed by atoms with Crippen LogP contribution < -0.4 is 15.0 Å². The van der Waals surface area contributed by atoms with E-state index in [1.54, 1.807) is 24.3 Å². The van der Waals surface area contributed by atoms with Gasteiger partial charge in [-0.05, 0) is 67.1 Å². The molecule has 1 atom stereocenters. The monoisotopic (exact) mass is 488 g/mol. The molecule has 4 aromatic rings. The number of amides is 2. The molecule has 182 valence electrons. The van der Waals surface area contributed by atoms with Gasteiger partial charge in [-0.3, -0.25) is 19.5 Å². The summed E-state index contributed by atoms with van der Waals surface area (Å²) in [5.41, 5.74) is 0.856. The molecule has 4 rings (SSSR count). The first-order valence-electron chi connectivity index (χ1n) is 11.1. The van der Waals surface area contributed by atoms with Crippen molar-refractivity contribution in [1.29, 1.82) is 0 Å². The molecule has 0 fully saturated rings. The first kappa shape index (κ1) is 24.5. The minimum Gasteiger partial charge on any atom is -0.494 e. The second kappa shape index (κ2) is 11.2. The number of benzene rings is 3. The number of rotatable bonds is 8. The second-order valence-corrected chi connectivity index (χ2v) is 7.65. The number of hydrogen-bond acceptors (Lipinski definition) is 5. The van der Waals surface area contributed by atoms with Crippen LogP contribution in [0.1, 0.15) is 29.0 Å². The molecule has 36 heavy (non-hydrogen) atoms. The summed E-state index contributed by atoms with van der Waals surface area (Å²) in [7, 11) is 0. The van der Waals surface area contributed by atoms with Crippen molar-refractivity contribution in [2.24, 2.45) is 0 Å². The highest BCUT2D eigenvalue weighted by Crippen LogP contribution is 2.32. The molecule has 7 nitrogen and oxygen atoms in total. The molecule has 0 radical (unpaired) electrons. The molecular formula is C27H22F2N4O3. The standard InChI is InChI=1S/C27H22F2N4O3/c1-2-36-23-12-6-18(7-13-23)25(26(34)32-21-10-8-19(28)9-11-21)33(22-5-3-4-20(29)16-22)27(35)24-17-30-14-15-31-24/h3-17,25H,2H2,1H3,(H,32,34)/t25-/m1/s1. The number of ether oxygens (including phenoxy) is 1. The molecule has 0 saturated heterocycles. The van der Waals surface area contributed by atoms with Gasteiger partial charge in [-0.1, -0.05) is 18.2 Å². The Morgan fingerprint density at radius 3 is 2.36 bits per heavy atom. The molecule has 3 aromatic carbocycles. The predicted octanol–water partition coefficient (Wildman–Crippen LogP) is 5.18. The van der Waals surface area contributed by atoms with Gasteiger partial charge < -0.3 is 10.1 Å². The fraction of sp³-hybridized carbons (Fsp3) is 0.111. The molecule has 0 unspecified atom stereocenters. The van der Waals surface area contributed by atoms with E-state index >= 15 is 0 Å². The number of nitrogens with one attached hydrogen (secondary N) is 1. The molecule has 0 bridgehead atoms. The highest BCUT2D eigenvalue weighted by Gasteiger charge is 2.34. The Kier molecular flexibility index (Phi) is 7.60. The lowest BCUT2D eigenvalue weighted by Crippen LogP contribution is -2.42. The van der Waals surface area contributed by atoms with Crippen LogP contribution in [-0.2, 0) is 4.79 Å². The van der Waals surface area contributed by atoms with Crippen LogP contribution in [0.2, 0.25) is 0 Å².